The monoisotopic (exact) mass is 293 g/mol. The molecule has 0 spiro atoms. The highest BCUT2D eigenvalue weighted by Gasteiger charge is 2.14. The van der Waals surface area contributed by atoms with Crippen molar-refractivity contribution in [3.8, 4) is 5.82 Å². The van der Waals surface area contributed by atoms with E-state index in [4.69, 9.17) is 11.6 Å². The van der Waals surface area contributed by atoms with Gasteiger partial charge in [-0.1, -0.05) is 25.4 Å². The van der Waals surface area contributed by atoms with Crippen LogP contribution in [0.5, 0.6) is 0 Å². The summed E-state index contributed by atoms with van der Waals surface area (Å²) < 4.78 is 1.77. The summed E-state index contributed by atoms with van der Waals surface area (Å²) in [5.41, 5.74) is 1.69. The highest BCUT2D eigenvalue weighted by molar-refractivity contribution is 6.31. The number of aromatic nitrogens is 4. The molecule has 6 heteroatoms. The first-order chi connectivity index (χ1) is 9.43. The molecule has 0 aliphatic heterocycles. The maximum Gasteiger partial charge on any atom is 0.159 e. The lowest BCUT2D eigenvalue weighted by molar-refractivity contribution is 0.736. The zero-order valence-corrected chi connectivity index (χ0v) is 13.3. The second-order valence-electron chi connectivity index (χ2n) is 5.05. The molecular weight excluding hydrogens is 274 g/mol. The van der Waals surface area contributed by atoms with Crippen LogP contribution in [0, 0.1) is 13.8 Å². The molecule has 2 aromatic heterocycles. The Kier molecular flexibility index (Phi) is 4.28. The van der Waals surface area contributed by atoms with Gasteiger partial charge in [-0.15, -0.1) is 0 Å². The lowest BCUT2D eigenvalue weighted by Crippen LogP contribution is -2.10. The van der Waals surface area contributed by atoms with Crippen LogP contribution in [0.25, 0.3) is 5.82 Å². The van der Waals surface area contributed by atoms with Crippen molar-refractivity contribution in [1.82, 2.24) is 19.7 Å². The molecule has 0 saturated carbocycles. The third-order valence-corrected chi connectivity index (χ3v) is 3.57. The molecule has 1 N–H and O–H groups in total. The average molecular weight is 294 g/mol. The molecule has 108 valence electrons. The number of hydrogen-bond donors (Lipinski definition) is 1. The van der Waals surface area contributed by atoms with Crippen molar-refractivity contribution in [2.45, 2.75) is 40.5 Å². The molecule has 0 bridgehead atoms. The lowest BCUT2D eigenvalue weighted by atomic mass is 10.2. The molecule has 0 radical (unpaired) electrons. The highest BCUT2D eigenvalue weighted by Crippen LogP contribution is 2.23. The first-order valence-electron chi connectivity index (χ1n) is 6.79. The van der Waals surface area contributed by atoms with E-state index in [0.717, 1.165) is 35.4 Å². The SMILES string of the molecule is CCNc1cc(-n2nc(C)c(Cl)c2C)nc(C(C)C)n1. The molecule has 0 aliphatic rings. The van der Waals surface area contributed by atoms with Crippen LogP contribution in [0.4, 0.5) is 5.82 Å². The van der Waals surface area contributed by atoms with Gasteiger partial charge < -0.3 is 5.32 Å². The maximum atomic E-state index is 6.21. The minimum absolute atomic E-state index is 0.250. The van der Waals surface area contributed by atoms with Crippen molar-refractivity contribution in [2.24, 2.45) is 0 Å². The Morgan fingerprint density at radius 3 is 2.50 bits per heavy atom. The standard InChI is InChI=1S/C14H20ClN5/c1-6-16-11-7-12(18-14(17-11)8(2)3)20-10(5)13(15)9(4)19-20/h7-8H,6H2,1-5H3,(H,16,17,18). The first-order valence-corrected chi connectivity index (χ1v) is 7.16. The van der Waals surface area contributed by atoms with Crippen LogP contribution in [-0.4, -0.2) is 26.3 Å². The van der Waals surface area contributed by atoms with Gasteiger partial charge in [-0.2, -0.15) is 5.10 Å². The Bertz CT molecular complexity index is 618. The van der Waals surface area contributed by atoms with E-state index in [1.807, 2.05) is 26.8 Å². The number of anilines is 1. The maximum absolute atomic E-state index is 6.21. The van der Waals surface area contributed by atoms with Gasteiger partial charge in [0, 0.05) is 18.5 Å². The number of nitrogens with one attached hydrogen (secondary N) is 1. The summed E-state index contributed by atoms with van der Waals surface area (Å²) in [5, 5.41) is 8.36. The second kappa shape index (κ2) is 5.79. The van der Waals surface area contributed by atoms with Crippen LogP contribution in [0.1, 0.15) is 43.9 Å². The van der Waals surface area contributed by atoms with E-state index in [2.05, 4.69) is 34.2 Å². The largest absolute Gasteiger partial charge is 0.370 e. The zero-order valence-electron chi connectivity index (χ0n) is 12.5. The van der Waals surface area contributed by atoms with Crippen molar-refractivity contribution in [1.29, 1.82) is 0 Å². The fraction of sp³-hybridized carbons (Fsp3) is 0.500. The van der Waals surface area contributed by atoms with Crippen LogP contribution in [0.2, 0.25) is 5.02 Å². The van der Waals surface area contributed by atoms with E-state index in [0.29, 0.717) is 5.02 Å². The molecule has 20 heavy (non-hydrogen) atoms. The Morgan fingerprint density at radius 2 is 2.00 bits per heavy atom. The number of halogens is 1. The van der Waals surface area contributed by atoms with E-state index in [1.165, 1.54) is 0 Å². The molecule has 0 amide bonds. The van der Waals surface area contributed by atoms with Crippen LogP contribution in [0.3, 0.4) is 0 Å². The van der Waals surface area contributed by atoms with Crippen molar-refractivity contribution in [3.05, 3.63) is 28.3 Å². The molecule has 0 atom stereocenters. The van der Waals surface area contributed by atoms with Gasteiger partial charge in [0.25, 0.3) is 0 Å². The summed E-state index contributed by atoms with van der Waals surface area (Å²) in [4.78, 5) is 9.10. The zero-order chi connectivity index (χ0) is 14.9. The summed E-state index contributed by atoms with van der Waals surface area (Å²) in [6, 6.07) is 1.89. The molecule has 0 fully saturated rings. The normalized spacial score (nSPS) is 11.2. The van der Waals surface area contributed by atoms with Gasteiger partial charge in [0.05, 0.1) is 16.4 Å². The van der Waals surface area contributed by atoms with Gasteiger partial charge in [0.2, 0.25) is 0 Å². The predicted octanol–water partition coefficient (Wildman–Crippen LogP) is 3.49. The second-order valence-corrected chi connectivity index (χ2v) is 5.43. The first kappa shape index (κ1) is 14.8. The van der Waals surface area contributed by atoms with Crippen molar-refractivity contribution < 1.29 is 0 Å². The Labute approximate surface area is 124 Å². The minimum atomic E-state index is 0.250. The third-order valence-electron chi connectivity index (χ3n) is 3.02. The van der Waals surface area contributed by atoms with Gasteiger partial charge in [-0.25, -0.2) is 14.6 Å². The number of aryl methyl sites for hydroxylation is 1. The minimum Gasteiger partial charge on any atom is -0.370 e. The topological polar surface area (TPSA) is 55.6 Å². The van der Waals surface area contributed by atoms with E-state index >= 15 is 0 Å². The molecule has 0 aliphatic carbocycles. The number of hydrogen-bond acceptors (Lipinski definition) is 4. The highest BCUT2D eigenvalue weighted by atomic mass is 35.5. The van der Waals surface area contributed by atoms with E-state index in [9.17, 15) is 0 Å². The van der Waals surface area contributed by atoms with Gasteiger partial charge in [-0.3, -0.25) is 0 Å². The average Bonchev–Trinajstić information content (AvgIpc) is 2.66. The van der Waals surface area contributed by atoms with Crippen LogP contribution >= 0.6 is 11.6 Å². The fourth-order valence-electron chi connectivity index (χ4n) is 1.94. The summed E-state index contributed by atoms with van der Waals surface area (Å²) in [5.74, 6) is 2.60. The summed E-state index contributed by atoms with van der Waals surface area (Å²) >= 11 is 6.21. The van der Waals surface area contributed by atoms with E-state index < -0.39 is 0 Å². The van der Waals surface area contributed by atoms with Gasteiger partial charge in [-0.05, 0) is 20.8 Å². The molecule has 2 heterocycles. The fourth-order valence-corrected chi connectivity index (χ4v) is 2.06. The van der Waals surface area contributed by atoms with Gasteiger partial charge in [0.15, 0.2) is 5.82 Å². The third kappa shape index (κ3) is 2.77. The number of rotatable bonds is 4. The molecule has 0 unspecified atom stereocenters. The summed E-state index contributed by atoms with van der Waals surface area (Å²) in [6.45, 7) is 10.8. The molecule has 0 saturated heterocycles. The van der Waals surface area contributed by atoms with Crippen molar-refractivity contribution >= 4 is 17.4 Å². The van der Waals surface area contributed by atoms with E-state index in [1.54, 1.807) is 4.68 Å². The van der Waals surface area contributed by atoms with Crippen LogP contribution < -0.4 is 5.32 Å². The molecule has 2 rings (SSSR count). The Hall–Kier alpha value is -1.62. The van der Waals surface area contributed by atoms with Crippen LogP contribution in [-0.2, 0) is 0 Å². The van der Waals surface area contributed by atoms with Gasteiger partial charge >= 0.3 is 0 Å². The van der Waals surface area contributed by atoms with Crippen LogP contribution in [0.15, 0.2) is 6.07 Å². The van der Waals surface area contributed by atoms with Crippen molar-refractivity contribution in [3.63, 3.8) is 0 Å². The predicted molar refractivity (Wildman–Crippen MR) is 81.9 cm³/mol. The molecule has 2 aromatic rings. The number of nitrogens with zero attached hydrogens (tertiary/aromatic N) is 4. The summed E-state index contributed by atoms with van der Waals surface area (Å²) in [7, 11) is 0. The Balaban J connectivity index is 2.57. The smallest absolute Gasteiger partial charge is 0.159 e. The quantitative estimate of drug-likeness (QED) is 0.937. The Morgan fingerprint density at radius 1 is 1.30 bits per heavy atom. The summed E-state index contributed by atoms with van der Waals surface area (Å²) in [6.07, 6.45) is 0. The van der Waals surface area contributed by atoms with Crippen molar-refractivity contribution in [2.75, 3.05) is 11.9 Å². The molecule has 0 aromatic carbocycles. The molecule has 5 nitrogen and oxygen atoms in total. The van der Waals surface area contributed by atoms with Gasteiger partial charge in [0.1, 0.15) is 11.6 Å². The lowest BCUT2D eigenvalue weighted by Gasteiger charge is -2.11. The van der Waals surface area contributed by atoms with E-state index in [-0.39, 0.29) is 5.92 Å². The molecular formula is C14H20ClN5.